The van der Waals surface area contributed by atoms with Crippen molar-refractivity contribution < 1.29 is 23.9 Å². The number of rotatable bonds is 16. The molecule has 0 aliphatic carbocycles. The largest absolute Gasteiger partial charge is 0.481 e. The summed E-state index contributed by atoms with van der Waals surface area (Å²) in [6.45, 7) is 2.64. The van der Waals surface area contributed by atoms with E-state index in [0.29, 0.717) is 17.4 Å². The molecule has 1 atom stereocenters. The van der Waals surface area contributed by atoms with Gasteiger partial charge in [-0.3, -0.25) is 9.59 Å². The van der Waals surface area contributed by atoms with Crippen LogP contribution in [0.1, 0.15) is 71.1 Å². The monoisotopic (exact) mass is 382 g/mol. The van der Waals surface area contributed by atoms with Crippen LogP contribution in [0.3, 0.4) is 0 Å². The van der Waals surface area contributed by atoms with E-state index in [-0.39, 0.29) is 12.4 Å². The highest BCUT2D eigenvalue weighted by Crippen LogP contribution is 2.11. The van der Waals surface area contributed by atoms with Crippen molar-refractivity contribution in [1.82, 2.24) is 0 Å². The highest BCUT2D eigenvalue weighted by atomic mass is 16.5. The number of aliphatic carboxylic acids is 1. The van der Waals surface area contributed by atoms with E-state index >= 15 is 0 Å². The van der Waals surface area contributed by atoms with E-state index in [1.54, 1.807) is 0 Å². The van der Waals surface area contributed by atoms with Gasteiger partial charge in [-0.1, -0.05) is 50.5 Å². The molecule has 1 unspecified atom stereocenters. The van der Waals surface area contributed by atoms with E-state index in [0.717, 1.165) is 38.5 Å². The first kappa shape index (κ1) is 25.4. The van der Waals surface area contributed by atoms with Crippen LogP contribution in [0.2, 0.25) is 0 Å². The van der Waals surface area contributed by atoms with Gasteiger partial charge >= 0.3 is 11.9 Å². The Bertz CT molecular complexity index is 463. The van der Waals surface area contributed by atoms with Crippen molar-refractivity contribution in [3.8, 4) is 0 Å². The fraction of sp³-hybridized carbons (Fsp3) is 0.727. The summed E-state index contributed by atoms with van der Waals surface area (Å²) < 4.78 is 5.95. The number of carboxylic acids is 1. The number of hydrogen-bond acceptors (Lipinski definition) is 3. The first-order chi connectivity index (χ1) is 12.7. The van der Waals surface area contributed by atoms with E-state index in [1.807, 2.05) is 21.1 Å². The standard InChI is InChI=1S/C22H39NO4/c1-5-6-7-8-9-10-11-12-13-14-15-16-17-22(26)27-20(18-21(24)25)19-23(2,3)4/h6-7,9-10,20H,5,8,11-19H2,1-4H3/p+1/b7-6+,10-9+. The molecule has 0 aromatic rings. The van der Waals surface area contributed by atoms with Crippen LogP contribution in [0.4, 0.5) is 0 Å². The minimum absolute atomic E-state index is 0.136. The Hall–Kier alpha value is -1.62. The zero-order chi connectivity index (χ0) is 20.5. The van der Waals surface area contributed by atoms with Crippen LogP contribution in [0.25, 0.3) is 0 Å². The molecule has 1 N–H and O–H groups in total. The maximum absolute atomic E-state index is 12.0. The van der Waals surface area contributed by atoms with Crippen LogP contribution in [0.5, 0.6) is 0 Å². The number of nitrogens with zero attached hydrogens (tertiary/aromatic N) is 1. The summed E-state index contributed by atoms with van der Waals surface area (Å²) in [6.07, 6.45) is 17.0. The van der Waals surface area contributed by atoms with Crippen LogP contribution < -0.4 is 0 Å². The number of carbonyl (C=O) groups excluding carboxylic acids is 1. The highest BCUT2D eigenvalue weighted by molar-refractivity contribution is 5.71. The maximum atomic E-state index is 12.0. The third kappa shape index (κ3) is 19.0. The molecule has 5 nitrogen and oxygen atoms in total. The molecular formula is C22H40NO4+. The minimum atomic E-state index is -0.934. The van der Waals surface area contributed by atoms with Crippen molar-refractivity contribution in [1.29, 1.82) is 0 Å². The van der Waals surface area contributed by atoms with Gasteiger partial charge in [-0.25, -0.2) is 0 Å². The van der Waals surface area contributed by atoms with Crippen molar-refractivity contribution in [2.75, 3.05) is 27.7 Å². The van der Waals surface area contributed by atoms with Crippen LogP contribution >= 0.6 is 0 Å². The molecule has 0 aromatic carbocycles. The van der Waals surface area contributed by atoms with Crippen molar-refractivity contribution >= 4 is 11.9 Å². The molecule has 156 valence electrons. The zero-order valence-corrected chi connectivity index (χ0v) is 17.8. The molecule has 0 saturated carbocycles. The number of esters is 1. The molecule has 0 aliphatic heterocycles. The SMILES string of the molecule is CC/C=C/C/C=C/CCCCCCCC(=O)OC(CC(=O)O)C[N+](C)(C)C. The maximum Gasteiger partial charge on any atom is 0.307 e. The molecule has 0 amide bonds. The Morgan fingerprint density at radius 3 is 2.22 bits per heavy atom. The van der Waals surface area contributed by atoms with Gasteiger partial charge < -0.3 is 14.3 Å². The summed E-state index contributed by atoms with van der Waals surface area (Å²) in [7, 11) is 5.87. The molecule has 0 aliphatic rings. The predicted molar refractivity (Wildman–Crippen MR) is 111 cm³/mol. The third-order valence-corrected chi connectivity index (χ3v) is 4.04. The van der Waals surface area contributed by atoms with Gasteiger partial charge in [0.25, 0.3) is 0 Å². The Morgan fingerprint density at radius 1 is 0.963 bits per heavy atom. The topological polar surface area (TPSA) is 63.6 Å². The lowest BCUT2D eigenvalue weighted by molar-refractivity contribution is -0.873. The molecule has 0 heterocycles. The number of hydrogen-bond donors (Lipinski definition) is 1. The fourth-order valence-electron chi connectivity index (χ4n) is 2.81. The van der Waals surface area contributed by atoms with E-state index in [9.17, 15) is 9.59 Å². The lowest BCUT2D eigenvalue weighted by Gasteiger charge is -2.28. The van der Waals surface area contributed by atoms with Crippen LogP contribution in [0, 0.1) is 0 Å². The number of ether oxygens (including phenoxy) is 1. The van der Waals surface area contributed by atoms with Gasteiger partial charge in [0.05, 0.1) is 27.6 Å². The summed E-state index contributed by atoms with van der Waals surface area (Å²) in [5.41, 5.74) is 0. The summed E-state index contributed by atoms with van der Waals surface area (Å²) in [6, 6.07) is 0. The summed E-state index contributed by atoms with van der Waals surface area (Å²) in [4.78, 5) is 22.9. The number of likely N-dealkylation sites (N-methyl/N-ethyl adjacent to an activating group) is 1. The van der Waals surface area contributed by atoms with E-state index in [2.05, 4.69) is 31.2 Å². The van der Waals surface area contributed by atoms with Crippen molar-refractivity contribution in [2.45, 2.75) is 77.2 Å². The quantitative estimate of drug-likeness (QED) is 0.181. The van der Waals surface area contributed by atoms with Crippen LogP contribution in [-0.4, -0.2) is 55.3 Å². The lowest BCUT2D eigenvalue weighted by atomic mass is 10.1. The van der Waals surface area contributed by atoms with E-state index < -0.39 is 12.1 Å². The number of carboxylic acid groups (broad SMARTS) is 1. The molecule has 0 radical (unpaired) electrons. The van der Waals surface area contributed by atoms with Gasteiger partial charge in [0.1, 0.15) is 6.54 Å². The second kappa shape index (κ2) is 15.4. The Kier molecular flexibility index (Phi) is 14.5. The lowest BCUT2D eigenvalue weighted by Crippen LogP contribution is -2.43. The van der Waals surface area contributed by atoms with Gasteiger partial charge in [-0.05, 0) is 32.1 Å². The van der Waals surface area contributed by atoms with Gasteiger partial charge in [-0.2, -0.15) is 0 Å². The second-order valence-corrected chi connectivity index (χ2v) is 8.08. The smallest absolute Gasteiger partial charge is 0.307 e. The van der Waals surface area contributed by atoms with Crippen molar-refractivity contribution in [2.24, 2.45) is 0 Å². The fourth-order valence-corrected chi connectivity index (χ4v) is 2.81. The van der Waals surface area contributed by atoms with Crippen LogP contribution in [-0.2, 0) is 14.3 Å². The average Bonchev–Trinajstić information content (AvgIpc) is 2.53. The highest BCUT2D eigenvalue weighted by Gasteiger charge is 2.24. The van der Waals surface area contributed by atoms with Gasteiger partial charge in [-0.15, -0.1) is 0 Å². The number of unbranched alkanes of at least 4 members (excludes halogenated alkanes) is 5. The molecule has 0 rings (SSSR count). The first-order valence-corrected chi connectivity index (χ1v) is 10.3. The zero-order valence-electron chi connectivity index (χ0n) is 17.8. The molecule has 0 saturated heterocycles. The Labute approximate surface area is 165 Å². The van der Waals surface area contributed by atoms with E-state index in [1.165, 1.54) is 12.8 Å². The summed E-state index contributed by atoms with van der Waals surface area (Å²) >= 11 is 0. The van der Waals surface area contributed by atoms with Crippen LogP contribution in [0.15, 0.2) is 24.3 Å². The predicted octanol–water partition coefficient (Wildman–Crippen LogP) is 4.72. The summed E-state index contributed by atoms with van der Waals surface area (Å²) in [5, 5.41) is 8.98. The summed E-state index contributed by atoms with van der Waals surface area (Å²) in [5.74, 6) is -1.21. The average molecular weight is 383 g/mol. The molecule has 0 fully saturated rings. The van der Waals surface area contributed by atoms with Gasteiger partial charge in [0.15, 0.2) is 6.10 Å². The van der Waals surface area contributed by atoms with Gasteiger partial charge in [0, 0.05) is 6.42 Å². The number of quaternary nitrogens is 1. The molecule has 0 spiro atoms. The van der Waals surface area contributed by atoms with E-state index in [4.69, 9.17) is 9.84 Å². The van der Waals surface area contributed by atoms with Crippen molar-refractivity contribution in [3.05, 3.63) is 24.3 Å². The van der Waals surface area contributed by atoms with Crippen molar-refractivity contribution in [3.63, 3.8) is 0 Å². The molecule has 0 aromatic heterocycles. The molecule has 27 heavy (non-hydrogen) atoms. The molecule has 5 heteroatoms. The Morgan fingerprint density at radius 2 is 1.59 bits per heavy atom. The third-order valence-electron chi connectivity index (χ3n) is 4.04. The number of allylic oxidation sites excluding steroid dienone is 4. The molecular weight excluding hydrogens is 342 g/mol. The second-order valence-electron chi connectivity index (χ2n) is 8.08. The number of carbonyl (C=O) groups is 2. The van der Waals surface area contributed by atoms with Gasteiger partial charge in [0.2, 0.25) is 0 Å². The molecule has 0 bridgehead atoms. The normalized spacial score (nSPS) is 13.3. The Balaban J connectivity index is 3.79. The first-order valence-electron chi connectivity index (χ1n) is 10.3. The minimum Gasteiger partial charge on any atom is -0.481 e.